The van der Waals surface area contributed by atoms with Crippen molar-refractivity contribution in [2.24, 2.45) is 0 Å². The Balaban J connectivity index is -0.00000000667. The van der Waals surface area contributed by atoms with Crippen molar-refractivity contribution in [1.29, 1.82) is 0 Å². The van der Waals surface area contributed by atoms with Gasteiger partial charge in [0, 0.05) is 0 Å². The molecule has 32 valence electrons. The van der Waals surface area contributed by atoms with E-state index in [-0.39, 0.29) is 38.8 Å². The molecule has 0 aromatic heterocycles. The Morgan fingerprint density at radius 2 is 1.00 bits per heavy atom. The standard InChI is InChI=1S/CO2.2O.Ti/c2-1-3;;;/q;2*-2;+4. The molecular weight excluding hydrogens is 124 g/mol. The summed E-state index contributed by atoms with van der Waals surface area (Å²) in [5, 5.41) is 0. The van der Waals surface area contributed by atoms with E-state index < -0.39 is 0 Å². The molecule has 0 aliphatic heterocycles. The van der Waals surface area contributed by atoms with E-state index in [4.69, 9.17) is 9.59 Å². The topological polar surface area (TPSA) is 91.1 Å². The first-order valence-electron chi connectivity index (χ1n) is 0.408. The SMILES string of the molecule is O=C=O.[O-2].[O-2].[Ti+4]. The predicted octanol–water partition coefficient (Wildman–Crippen LogP) is -0.824. The summed E-state index contributed by atoms with van der Waals surface area (Å²) in [6, 6.07) is 0. The minimum atomic E-state index is 0. The van der Waals surface area contributed by atoms with Crippen LogP contribution in [0.15, 0.2) is 0 Å². The smallest absolute Gasteiger partial charge is 2.00 e. The summed E-state index contributed by atoms with van der Waals surface area (Å²) in [4.78, 5) is 16.2. The van der Waals surface area contributed by atoms with Gasteiger partial charge in [-0.05, 0) is 0 Å². The third kappa shape index (κ3) is 179000. The summed E-state index contributed by atoms with van der Waals surface area (Å²) in [6.07, 6.45) is 0.250. The summed E-state index contributed by atoms with van der Waals surface area (Å²) in [7, 11) is 0. The number of rotatable bonds is 0. The summed E-state index contributed by atoms with van der Waals surface area (Å²) in [5.74, 6) is 0. The Morgan fingerprint density at radius 1 is 1.00 bits per heavy atom. The molecule has 0 saturated heterocycles. The second-order valence-corrected chi connectivity index (χ2v) is 0.0833. The van der Waals surface area contributed by atoms with Crippen molar-refractivity contribution in [3.8, 4) is 0 Å². The Bertz CT molecular complexity index is 28.5. The van der Waals surface area contributed by atoms with Gasteiger partial charge in [0.1, 0.15) is 0 Å². The average molecular weight is 124 g/mol. The van der Waals surface area contributed by atoms with Gasteiger partial charge in [0.05, 0.1) is 0 Å². The zero-order valence-corrected chi connectivity index (χ0v) is 4.19. The van der Waals surface area contributed by atoms with Crippen LogP contribution in [0, 0.1) is 0 Å². The molecule has 5 heteroatoms. The van der Waals surface area contributed by atoms with Crippen molar-refractivity contribution < 1.29 is 42.3 Å². The zero-order chi connectivity index (χ0) is 2.71. The summed E-state index contributed by atoms with van der Waals surface area (Å²) in [6.45, 7) is 0. The van der Waals surface area contributed by atoms with Crippen LogP contribution in [0.4, 0.5) is 0 Å². The van der Waals surface area contributed by atoms with Gasteiger partial charge in [-0.3, -0.25) is 0 Å². The fraction of sp³-hybridized carbons (Fsp3) is 0. The maximum atomic E-state index is 8.12. The quantitative estimate of drug-likeness (QED) is 0.394. The van der Waals surface area contributed by atoms with Crippen LogP contribution in [0.25, 0.3) is 0 Å². The molecule has 0 spiro atoms. The molecule has 0 aliphatic carbocycles. The van der Waals surface area contributed by atoms with Crippen LogP contribution < -0.4 is 0 Å². The zero-order valence-electron chi connectivity index (χ0n) is 2.63. The van der Waals surface area contributed by atoms with Crippen LogP contribution in [-0.4, -0.2) is 6.15 Å². The van der Waals surface area contributed by atoms with E-state index in [0.717, 1.165) is 0 Å². The van der Waals surface area contributed by atoms with Crippen molar-refractivity contribution in [2.75, 3.05) is 0 Å². The van der Waals surface area contributed by atoms with Crippen molar-refractivity contribution in [2.45, 2.75) is 0 Å². The van der Waals surface area contributed by atoms with Crippen molar-refractivity contribution in [3.63, 3.8) is 0 Å². The fourth-order valence-electron chi connectivity index (χ4n) is 0. The Kier molecular flexibility index (Phi) is 488. The van der Waals surface area contributed by atoms with E-state index in [2.05, 4.69) is 0 Å². The van der Waals surface area contributed by atoms with Crippen molar-refractivity contribution in [1.82, 2.24) is 0 Å². The average Bonchev–Trinajstić information content (AvgIpc) is 0.918. The van der Waals surface area contributed by atoms with Gasteiger partial charge in [0.2, 0.25) is 0 Å². The summed E-state index contributed by atoms with van der Waals surface area (Å²) in [5.41, 5.74) is 0. The molecule has 0 atom stereocenters. The third-order valence-corrected chi connectivity index (χ3v) is 0. The Hall–Kier alpha value is 0.0143. The van der Waals surface area contributed by atoms with Crippen LogP contribution in [0.5, 0.6) is 0 Å². The Morgan fingerprint density at radius 3 is 1.00 bits per heavy atom. The largest absolute Gasteiger partial charge is 4.00 e. The normalized spacial score (nSPS) is 1.33. The van der Waals surface area contributed by atoms with Gasteiger partial charge < -0.3 is 11.0 Å². The molecule has 0 fully saturated rings. The molecule has 4 nitrogen and oxygen atoms in total. The van der Waals surface area contributed by atoms with E-state index in [0.29, 0.717) is 0 Å². The van der Waals surface area contributed by atoms with Gasteiger partial charge >= 0.3 is 27.9 Å². The molecule has 0 saturated carbocycles. The first-order valence-corrected chi connectivity index (χ1v) is 0.408. The van der Waals surface area contributed by atoms with Crippen LogP contribution in [0.2, 0.25) is 0 Å². The second kappa shape index (κ2) is 78.5. The summed E-state index contributed by atoms with van der Waals surface area (Å²) < 4.78 is 0. The molecular formula is CO4Ti. The van der Waals surface area contributed by atoms with Crippen molar-refractivity contribution in [3.05, 3.63) is 0 Å². The van der Waals surface area contributed by atoms with E-state index in [1.54, 1.807) is 0 Å². The maximum Gasteiger partial charge on any atom is 4.00 e. The van der Waals surface area contributed by atoms with Crippen LogP contribution >= 0.6 is 0 Å². The molecule has 0 radical (unpaired) electrons. The number of hydrogen-bond donors (Lipinski definition) is 0. The minimum absolute atomic E-state index is 0. The second-order valence-electron chi connectivity index (χ2n) is 0.0833. The molecule has 0 aromatic carbocycles. The van der Waals surface area contributed by atoms with Crippen LogP contribution in [0.3, 0.4) is 0 Å². The van der Waals surface area contributed by atoms with E-state index in [9.17, 15) is 0 Å². The van der Waals surface area contributed by atoms with Crippen LogP contribution in [0.1, 0.15) is 0 Å². The number of carbonyl (C=O) groups excluding carboxylic acids is 2. The van der Waals surface area contributed by atoms with Gasteiger partial charge in [0.15, 0.2) is 0 Å². The molecule has 0 aromatic rings. The molecule has 0 heterocycles. The molecule has 0 N–H and O–H groups in total. The monoisotopic (exact) mass is 124 g/mol. The Labute approximate surface area is 49.0 Å². The van der Waals surface area contributed by atoms with E-state index in [1.165, 1.54) is 0 Å². The summed E-state index contributed by atoms with van der Waals surface area (Å²) >= 11 is 0. The van der Waals surface area contributed by atoms with E-state index in [1.807, 2.05) is 0 Å². The van der Waals surface area contributed by atoms with Gasteiger partial charge in [-0.25, -0.2) is 0 Å². The third-order valence-electron chi connectivity index (χ3n) is 0. The minimum Gasteiger partial charge on any atom is -2.00 e. The van der Waals surface area contributed by atoms with E-state index >= 15 is 0 Å². The first-order chi connectivity index (χ1) is 1.41. The molecule has 0 aliphatic rings. The molecule has 0 unspecified atom stereocenters. The fourth-order valence-corrected chi connectivity index (χ4v) is 0. The van der Waals surface area contributed by atoms with Gasteiger partial charge in [-0.1, -0.05) is 0 Å². The van der Waals surface area contributed by atoms with Crippen LogP contribution in [-0.2, 0) is 42.3 Å². The molecule has 0 amide bonds. The predicted molar refractivity (Wildman–Crippen MR) is 6.38 cm³/mol. The van der Waals surface area contributed by atoms with Crippen molar-refractivity contribution >= 4 is 6.15 Å². The molecule has 6 heavy (non-hydrogen) atoms. The molecule has 0 rings (SSSR count). The van der Waals surface area contributed by atoms with Gasteiger partial charge in [-0.2, -0.15) is 9.59 Å². The van der Waals surface area contributed by atoms with Gasteiger partial charge in [-0.15, -0.1) is 0 Å². The number of hydrogen-bond acceptors (Lipinski definition) is 2. The van der Waals surface area contributed by atoms with Gasteiger partial charge in [0.25, 0.3) is 0 Å². The molecule has 0 bridgehead atoms. The maximum absolute atomic E-state index is 8.12. The first kappa shape index (κ1) is 37.3.